The van der Waals surface area contributed by atoms with E-state index in [1.54, 1.807) is 6.07 Å². The first kappa shape index (κ1) is 8.00. The van der Waals surface area contributed by atoms with Crippen LogP contribution in [0.15, 0.2) is 6.07 Å². The quantitative estimate of drug-likeness (QED) is 0.720. The van der Waals surface area contributed by atoms with E-state index in [0.717, 1.165) is 5.00 Å². The van der Waals surface area contributed by atoms with Crippen LogP contribution in [0.4, 0.5) is 5.00 Å². The SMILES string of the molecule is CN(C)c1cc(C(=O)O)ns1. The van der Waals surface area contributed by atoms with Gasteiger partial charge in [-0.2, -0.15) is 4.37 Å². The minimum Gasteiger partial charge on any atom is -0.476 e. The monoisotopic (exact) mass is 172 g/mol. The van der Waals surface area contributed by atoms with Crippen molar-refractivity contribution >= 4 is 22.5 Å². The Morgan fingerprint density at radius 3 is 2.64 bits per heavy atom. The molecule has 0 amide bonds. The Morgan fingerprint density at radius 2 is 2.36 bits per heavy atom. The Balaban J connectivity index is 2.90. The van der Waals surface area contributed by atoms with Gasteiger partial charge in [-0.15, -0.1) is 0 Å². The van der Waals surface area contributed by atoms with Crippen LogP contribution in [0.5, 0.6) is 0 Å². The number of carboxylic acids is 1. The lowest BCUT2D eigenvalue weighted by atomic mass is 10.4. The summed E-state index contributed by atoms with van der Waals surface area (Å²) in [6, 6.07) is 1.55. The third kappa shape index (κ3) is 1.68. The molecule has 0 atom stereocenters. The van der Waals surface area contributed by atoms with Crippen LogP contribution in [0.25, 0.3) is 0 Å². The molecule has 0 saturated carbocycles. The number of carbonyl (C=O) groups is 1. The molecule has 1 aromatic heterocycles. The first-order valence-corrected chi connectivity index (χ1v) is 3.76. The van der Waals surface area contributed by atoms with E-state index in [2.05, 4.69) is 4.37 Å². The van der Waals surface area contributed by atoms with Crippen molar-refractivity contribution in [2.75, 3.05) is 19.0 Å². The number of carboxylic acid groups (broad SMARTS) is 1. The van der Waals surface area contributed by atoms with Gasteiger partial charge in [0.2, 0.25) is 0 Å². The number of aromatic nitrogens is 1. The number of hydrogen-bond donors (Lipinski definition) is 1. The molecule has 1 rings (SSSR count). The molecule has 0 saturated heterocycles. The highest BCUT2D eigenvalue weighted by Gasteiger charge is 2.08. The van der Waals surface area contributed by atoms with E-state index < -0.39 is 5.97 Å². The third-order valence-electron chi connectivity index (χ3n) is 1.16. The van der Waals surface area contributed by atoms with Crippen LogP contribution in [0.3, 0.4) is 0 Å². The van der Waals surface area contributed by atoms with Crippen LogP contribution in [0.1, 0.15) is 10.5 Å². The van der Waals surface area contributed by atoms with Crippen molar-refractivity contribution in [3.8, 4) is 0 Å². The molecule has 0 aliphatic rings. The highest BCUT2D eigenvalue weighted by Crippen LogP contribution is 2.18. The van der Waals surface area contributed by atoms with Gasteiger partial charge in [-0.25, -0.2) is 4.79 Å². The molecule has 0 radical (unpaired) electrons. The van der Waals surface area contributed by atoms with E-state index in [9.17, 15) is 4.79 Å². The normalized spacial score (nSPS) is 9.64. The number of hydrogen-bond acceptors (Lipinski definition) is 4. The first-order valence-electron chi connectivity index (χ1n) is 2.98. The maximum atomic E-state index is 10.4. The van der Waals surface area contributed by atoms with E-state index >= 15 is 0 Å². The summed E-state index contributed by atoms with van der Waals surface area (Å²) in [7, 11) is 3.69. The lowest BCUT2D eigenvalue weighted by Gasteiger charge is -2.05. The topological polar surface area (TPSA) is 53.4 Å². The summed E-state index contributed by atoms with van der Waals surface area (Å²) in [4.78, 5) is 12.2. The molecular weight excluding hydrogens is 164 g/mol. The van der Waals surface area contributed by atoms with Gasteiger partial charge in [0.1, 0.15) is 5.00 Å². The van der Waals surface area contributed by atoms with Gasteiger partial charge in [0, 0.05) is 20.2 Å². The second-order valence-corrected chi connectivity index (χ2v) is 3.03. The lowest BCUT2D eigenvalue weighted by molar-refractivity contribution is 0.0692. The fourth-order valence-corrected chi connectivity index (χ4v) is 1.23. The highest BCUT2D eigenvalue weighted by molar-refractivity contribution is 7.10. The standard InChI is InChI=1S/C6H8N2O2S/c1-8(2)5-3-4(6(9)10)7-11-5/h3H,1-2H3,(H,9,10). The Labute approximate surface area is 68.2 Å². The fraction of sp³-hybridized carbons (Fsp3) is 0.333. The molecule has 0 fully saturated rings. The second kappa shape index (κ2) is 2.87. The highest BCUT2D eigenvalue weighted by atomic mass is 32.1. The predicted octanol–water partition coefficient (Wildman–Crippen LogP) is 0.907. The van der Waals surface area contributed by atoms with Crippen LogP contribution in [0, 0.1) is 0 Å². The summed E-state index contributed by atoms with van der Waals surface area (Å²) in [5.41, 5.74) is 0.110. The fourth-order valence-electron chi connectivity index (χ4n) is 0.577. The van der Waals surface area contributed by atoms with E-state index in [0.29, 0.717) is 0 Å². The Morgan fingerprint density at radius 1 is 1.73 bits per heavy atom. The number of nitrogens with zero attached hydrogens (tertiary/aromatic N) is 2. The van der Waals surface area contributed by atoms with Gasteiger partial charge in [0.15, 0.2) is 5.69 Å². The van der Waals surface area contributed by atoms with Crippen LogP contribution in [-0.2, 0) is 0 Å². The van der Waals surface area contributed by atoms with Crippen molar-refractivity contribution in [2.45, 2.75) is 0 Å². The van der Waals surface area contributed by atoms with Crippen LogP contribution in [-0.4, -0.2) is 29.5 Å². The average molecular weight is 172 g/mol. The molecule has 4 nitrogen and oxygen atoms in total. The Hall–Kier alpha value is -1.10. The molecule has 0 aliphatic heterocycles. The summed E-state index contributed by atoms with van der Waals surface area (Å²) >= 11 is 1.18. The third-order valence-corrected chi connectivity index (χ3v) is 2.12. The van der Waals surface area contributed by atoms with Crippen LogP contribution in [0.2, 0.25) is 0 Å². The van der Waals surface area contributed by atoms with E-state index in [-0.39, 0.29) is 5.69 Å². The van der Waals surface area contributed by atoms with Crippen molar-refractivity contribution < 1.29 is 9.90 Å². The largest absolute Gasteiger partial charge is 0.476 e. The molecule has 11 heavy (non-hydrogen) atoms. The van der Waals surface area contributed by atoms with Gasteiger partial charge in [0.25, 0.3) is 0 Å². The molecule has 0 aliphatic carbocycles. The number of rotatable bonds is 2. The first-order chi connectivity index (χ1) is 5.11. The van der Waals surface area contributed by atoms with Crippen molar-refractivity contribution in [3.63, 3.8) is 0 Å². The van der Waals surface area contributed by atoms with Gasteiger partial charge in [-0.1, -0.05) is 0 Å². The molecule has 1 aromatic rings. The maximum absolute atomic E-state index is 10.4. The molecule has 0 unspecified atom stereocenters. The van der Waals surface area contributed by atoms with Gasteiger partial charge in [0.05, 0.1) is 0 Å². The van der Waals surface area contributed by atoms with Gasteiger partial charge < -0.3 is 10.0 Å². The molecule has 0 spiro atoms. The van der Waals surface area contributed by atoms with E-state index in [4.69, 9.17) is 5.11 Å². The summed E-state index contributed by atoms with van der Waals surface area (Å²) in [5, 5.41) is 9.36. The smallest absolute Gasteiger partial charge is 0.355 e. The van der Waals surface area contributed by atoms with Crippen molar-refractivity contribution in [3.05, 3.63) is 11.8 Å². The van der Waals surface area contributed by atoms with Crippen LogP contribution < -0.4 is 4.90 Å². The Kier molecular flexibility index (Phi) is 2.09. The van der Waals surface area contributed by atoms with E-state index in [1.165, 1.54) is 11.5 Å². The summed E-state index contributed by atoms with van der Waals surface area (Å²) < 4.78 is 3.74. The molecule has 1 N–H and O–H groups in total. The lowest BCUT2D eigenvalue weighted by Crippen LogP contribution is -2.06. The zero-order valence-corrected chi connectivity index (χ0v) is 7.05. The molecule has 0 bridgehead atoms. The molecular formula is C6H8N2O2S. The maximum Gasteiger partial charge on any atom is 0.355 e. The van der Waals surface area contributed by atoms with Crippen molar-refractivity contribution in [1.29, 1.82) is 0 Å². The van der Waals surface area contributed by atoms with E-state index in [1.807, 2.05) is 19.0 Å². The molecule has 1 heterocycles. The summed E-state index contributed by atoms with van der Waals surface area (Å²) in [6.07, 6.45) is 0. The average Bonchev–Trinajstić information content (AvgIpc) is 2.33. The van der Waals surface area contributed by atoms with Crippen LogP contribution >= 0.6 is 11.5 Å². The minimum absolute atomic E-state index is 0.110. The summed E-state index contributed by atoms with van der Waals surface area (Å²) in [5.74, 6) is -0.977. The molecule has 60 valence electrons. The summed E-state index contributed by atoms with van der Waals surface area (Å²) in [6.45, 7) is 0. The number of aromatic carboxylic acids is 1. The Bertz CT molecular complexity index is 269. The van der Waals surface area contributed by atoms with Gasteiger partial charge in [-0.05, 0) is 11.5 Å². The van der Waals surface area contributed by atoms with Gasteiger partial charge in [-0.3, -0.25) is 0 Å². The minimum atomic E-state index is -0.977. The second-order valence-electron chi connectivity index (χ2n) is 2.25. The molecule has 0 aromatic carbocycles. The number of anilines is 1. The van der Waals surface area contributed by atoms with Crippen molar-refractivity contribution in [2.24, 2.45) is 0 Å². The zero-order valence-electron chi connectivity index (χ0n) is 6.24. The molecule has 5 heteroatoms. The predicted molar refractivity (Wildman–Crippen MR) is 43.4 cm³/mol. The van der Waals surface area contributed by atoms with Crippen molar-refractivity contribution in [1.82, 2.24) is 4.37 Å². The van der Waals surface area contributed by atoms with Gasteiger partial charge >= 0.3 is 5.97 Å². The zero-order chi connectivity index (χ0) is 8.43.